The Hall–Kier alpha value is -1.37. The predicted octanol–water partition coefficient (Wildman–Crippen LogP) is 0.358. The average molecular weight is 323 g/mol. The molecule has 1 aromatic carbocycles. The summed E-state index contributed by atoms with van der Waals surface area (Å²) in [6, 6.07) is 2.33. The number of carbonyl (C=O) groups is 2. The number of hydrogen-bond donors (Lipinski definition) is 3. The number of halogens is 3. The predicted molar refractivity (Wildman–Crippen MR) is 73.8 cm³/mol. The summed E-state index contributed by atoms with van der Waals surface area (Å²) in [7, 11) is 0. The highest BCUT2D eigenvalue weighted by Crippen LogP contribution is 2.27. The van der Waals surface area contributed by atoms with Gasteiger partial charge >= 0.3 is 0 Å². The van der Waals surface area contributed by atoms with Gasteiger partial charge in [-0.15, -0.1) is 0 Å². The van der Waals surface area contributed by atoms with Crippen LogP contribution in [0.15, 0.2) is 12.1 Å². The van der Waals surface area contributed by atoms with Crippen LogP contribution < -0.4 is 16.4 Å². The number of carbonyl (C=O) groups excluding carboxylic acids is 2. The van der Waals surface area contributed by atoms with Gasteiger partial charge < -0.3 is 16.4 Å². The van der Waals surface area contributed by atoms with Gasteiger partial charge in [0.05, 0.1) is 16.6 Å². The Bertz CT molecular complexity index is 526. The fourth-order valence-electron chi connectivity index (χ4n) is 1.56. The van der Waals surface area contributed by atoms with Gasteiger partial charge in [0.15, 0.2) is 6.54 Å². The summed E-state index contributed by atoms with van der Waals surface area (Å²) in [5.74, 6) is -1.53. The van der Waals surface area contributed by atoms with E-state index in [9.17, 15) is 14.0 Å². The summed E-state index contributed by atoms with van der Waals surface area (Å²) in [5.41, 5.74) is 5.44. The molecule has 0 saturated carbocycles. The molecule has 20 heavy (non-hydrogen) atoms. The fourth-order valence-corrected chi connectivity index (χ4v) is 2.11. The first-order valence-electron chi connectivity index (χ1n) is 5.84. The number of nitrogens with two attached hydrogens (primary N) is 2. The Labute approximate surface area is 125 Å². The number of hydrogen-bond acceptors (Lipinski definition) is 2. The summed E-state index contributed by atoms with van der Waals surface area (Å²) in [6.07, 6.45) is 0. The van der Waals surface area contributed by atoms with E-state index in [2.05, 4.69) is 5.32 Å². The van der Waals surface area contributed by atoms with Crippen molar-refractivity contribution in [1.82, 2.24) is 5.32 Å². The Balaban J connectivity index is 2.59. The Morgan fingerprint density at radius 3 is 2.65 bits per heavy atom. The van der Waals surface area contributed by atoms with Crippen molar-refractivity contribution in [3.8, 4) is 0 Å². The number of amides is 2. The minimum Gasteiger partial charge on any atom is -0.368 e. The maximum atomic E-state index is 13.4. The molecule has 0 radical (unpaired) electrons. The lowest BCUT2D eigenvalue weighted by molar-refractivity contribution is -0.682. The zero-order chi connectivity index (χ0) is 15.3. The minimum atomic E-state index is -0.616. The van der Waals surface area contributed by atoms with Gasteiger partial charge in [-0.25, -0.2) is 4.39 Å². The van der Waals surface area contributed by atoms with Crippen LogP contribution in [-0.2, 0) is 9.59 Å². The molecule has 1 atom stereocenters. The van der Waals surface area contributed by atoms with E-state index in [4.69, 9.17) is 28.9 Å². The van der Waals surface area contributed by atoms with Gasteiger partial charge in [-0.3, -0.25) is 9.59 Å². The van der Waals surface area contributed by atoms with E-state index < -0.39 is 11.7 Å². The molecule has 0 spiro atoms. The van der Waals surface area contributed by atoms with Crippen LogP contribution >= 0.6 is 23.2 Å². The van der Waals surface area contributed by atoms with E-state index >= 15 is 0 Å². The number of quaternary nitrogens is 1. The normalized spacial score (nSPS) is 12.0. The van der Waals surface area contributed by atoms with Gasteiger partial charge in [-0.05, 0) is 19.1 Å². The highest BCUT2D eigenvalue weighted by Gasteiger charge is 2.17. The van der Waals surface area contributed by atoms with Crippen molar-refractivity contribution in [2.24, 2.45) is 5.73 Å². The largest absolute Gasteiger partial charge is 0.368 e. The molecule has 8 heteroatoms. The third-order valence-electron chi connectivity index (χ3n) is 2.65. The second-order valence-corrected chi connectivity index (χ2v) is 5.07. The van der Waals surface area contributed by atoms with E-state index in [1.165, 1.54) is 12.1 Å². The third kappa shape index (κ3) is 4.96. The first-order valence-corrected chi connectivity index (χ1v) is 6.59. The molecule has 0 heterocycles. The van der Waals surface area contributed by atoms with E-state index in [-0.39, 0.29) is 30.1 Å². The van der Waals surface area contributed by atoms with Crippen LogP contribution in [0, 0.1) is 5.82 Å². The monoisotopic (exact) mass is 322 g/mol. The van der Waals surface area contributed by atoms with E-state index in [1.54, 1.807) is 12.2 Å². The standard InChI is InChI=1S/C12H14Cl2FN3O2/c1-6(17-5-12(20)18-4-11(16)19)7-2-10(15)9(14)3-8(7)13/h2-3,6,17H,4-5H2,1H3,(H2,16,19)(H,18,20)/p+1/t6-/m0/s1. The topological polar surface area (TPSA) is 88.8 Å². The number of primary amides is 1. The van der Waals surface area contributed by atoms with Crippen LogP contribution in [0.25, 0.3) is 0 Å². The Morgan fingerprint density at radius 1 is 1.40 bits per heavy atom. The minimum absolute atomic E-state index is 0.0508. The average Bonchev–Trinajstić information content (AvgIpc) is 2.37. The highest BCUT2D eigenvalue weighted by molar-refractivity contribution is 6.35. The van der Waals surface area contributed by atoms with Crippen molar-refractivity contribution in [3.05, 3.63) is 33.6 Å². The SMILES string of the molecule is C[C@H]([NH2+]CC(=O)NCC(N)=O)c1cc(F)c(Cl)cc1Cl. The molecular formula is C12H15Cl2FN3O2+. The van der Waals surface area contributed by atoms with Crippen LogP contribution in [0.1, 0.15) is 18.5 Å². The van der Waals surface area contributed by atoms with Crippen molar-refractivity contribution < 1.29 is 19.3 Å². The lowest BCUT2D eigenvalue weighted by Gasteiger charge is -2.13. The lowest BCUT2D eigenvalue weighted by atomic mass is 10.1. The van der Waals surface area contributed by atoms with Gasteiger partial charge in [0.25, 0.3) is 5.91 Å². The van der Waals surface area contributed by atoms with Gasteiger partial charge in [-0.1, -0.05) is 23.2 Å². The second-order valence-electron chi connectivity index (χ2n) is 4.26. The molecule has 110 valence electrons. The van der Waals surface area contributed by atoms with Crippen molar-refractivity contribution in [1.29, 1.82) is 0 Å². The maximum Gasteiger partial charge on any atom is 0.275 e. The summed E-state index contributed by atoms with van der Waals surface area (Å²) in [4.78, 5) is 21.9. The van der Waals surface area contributed by atoms with Crippen molar-refractivity contribution in [3.63, 3.8) is 0 Å². The van der Waals surface area contributed by atoms with E-state index in [0.29, 0.717) is 10.6 Å². The first-order chi connectivity index (χ1) is 9.31. The van der Waals surface area contributed by atoms with Crippen LogP contribution in [0.2, 0.25) is 10.0 Å². The molecule has 5 nitrogen and oxygen atoms in total. The first kappa shape index (κ1) is 16.7. The van der Waals surface area contributed by atoms with Gasteiger partial charge in [0.2, 0.25) is 5.91 Å². The smallest absolute Gasteiger partial charge is 0.275 e. The molecule has 5 N–H and O–H groups in total. The molecule has 1 aromatic rings. The molecule has 0 bridgehead atoms. The second kappa shape index (κ2) is 7.42. The maximum absolute atomic E-state index is 13.4. The molecule has 2 amide bonds. The quantitative estimate of drug-likeness (QED) is 0.660. The van der Waals surface area contributed by atoms with Crippen molar-refractivity contribution >= 4 is 35.0 Å². The number of benzene rings is 1. The van der Waals surface area contributed by atoms with Crippen LogP contribution in [0.3, 0.4) is 0 Å². The molecule has 0 unspecified atom stereocenters. The number of nitrogens with one attached hydrogen (secondary N) is 1. The van der Waals surface area contributed by atoms with Crippen molar-refractivity contribution in [2.45, 2.75) is 13.0 Å². The van der Waals surface area contributed by atoms with E-state index in [0.717, 1.165) is 0 Å². The molecule has 0 aromatic heterocycles. The van der Waals surface area contributed by atoms with Crippen LogP contribution in [-0.4, -0.2) is 24.9 Å². The molecule has 0 saturated heterocycles. The lowest BCUT2D eigenvalue weighted by Crippen LogP contribution is -2.87. The molecule has 0 aliphatic heterocycles. The van der Waals surface area contributed by atoms with Gasteiger partial charge in [-0.2, -0.15) is 0 Å². The zero-order valence-electron chi connectivity index (χ0n) is 10.8. The molecule has 1 rings (SSSR count). The summed E-state index contributed by atoms with van der Waals surface area (Å²) in [5, 5.41) is 4.29. The summed E-state index contributed by atoms with van der Waals surface area (Å²) < 4.78 is 13.4. The van der Waals surface area contributed by atoms with E-state index in [1.807, 2.05) is 0 Å². The molecule has 0 aliphatic carbocycles. The summed E-state index contributed by atoms with van der Waals surface area (Å²) >= 11 is 11.6. The fraction of sp³-hybridized carbons (Fsp3) is 0.333. The van der Waals surface area contributed by atoms with Gasteiger partial charge in [0, 0.05) is 5.56 Å². The molecular weight excluding hydrogens is 308 g/mol. The zero-order valence-corrected chi connectivity index (χ0v) is 12.3. The number of rotatable bonds is 6. The molecule has 0 fully saturated rings. The van der Waals surface area contributed by atoms with Crippen LogP contribution in [0.5, 0.6) is 0 Å². The Kier molecular flexibility index (Phi) is 6.19. The Morgan fingerprint density at radius 2 is 2.05 bits per heavy atom. The van der Waals surface area contributed by atoms with Crippen LogP contribution in [0.4, 0.5) is 4.39 Å². The highest BCUT2D eigenvalue weighted by atomic mass is 35.5. The third-order valence-corrected chi connectivity index (χ3v) is 3.26. The van der Waals surface area contributed by atoms with Crippen molar-refractivity contribution in [2.75, 3.05) is 13.1 Å². The summed E-state index contributed by atoms with van der Waals surface area (Å²) in [6.45, 7) is 1.63. The van der Waals surface area contributed by atoms with Gasteiger partial charge in [0.1, 0.15) is 11.9 Å². The molecule has 0 aliphatic rings.